The molecule has 138 valence electrons. The topological polar surface area (TPSA) is 46.3 Å². The van der Waals surface area contributed by atoms with Crippen LogP contribution in [-0.2, 0) is 0 Å². The fourth-order valence-electron chi connectivity index (χ4n) is 3.73. The van der Waals surface area contributed by atoms with E-state index < -0.39 is 0 Å². The standard InChI is InChI=1S/C23H30N2O/c1-17(2)10-13-25-14-11-19(12-15-25)22-5-3-4-21(16-22)18-6-8-20(9-7-18)23(24)26/h3-9,16-17,19H,10-15H2,1-2H3,(H2,24,26). The first-order valence-corrected chi connectivity index (χ1v) is 9.75. The third kappa shape index (κ3) is 4.73. The Bertz CT molecular complexity index is 728. The van der Waals surface area contributed by atoms with Gasteiger partial charge in [0.25, 0.3) is 0 Å². The average Bonchev–Trinajstić information content (AvgIpc) is 2.67. The molecular weight excluding hydrogens is 320 g/mol. The number of nitrogens with two attached hydrogens (primary N) is 1. The number of amides is 1. The molecular formula is C23H30N2O. The van der Waals surface area contributed by atoms with Crippen molar-refractivity contribution in [3.8, 4) is 11.1 Å². The molecule has 3 heteroatoms. The van der Waals surface area contributed by atoms with Crippen LogP contribution < -0.4 is 5.73 Å². The summed E-state index contributed by atoms with van der Waals surface area (Å²) in [5.41, 5.74) is 9.66. The zero-order chi connectivity index (χ0) is 18.5. The SMILES string of the molecule is CC(C)CCN1CCC(c2cccc(-c3ccc(C(N)=O)cc3)c2)CC1. The van der Waals surface area contributed by atoms with Crippen molar-refractivity contribution in [3.05, 3.63) is 59.7 Å². The lowest BCUT2D eigenvalue weighted by Crippen LogP contribution is -2.34. The summed E-state index contributed by atoms with van der Waals surface area (Å²) in [4.78, 5) is 13.9. The number of hydrogen-bond donors (Lipinski definition) is 1. The maximum atomic E-state index is 11.2. The molecule has 2 N–H and O–H groups in total. The molecule has 0 radical (unpaired) electrons. The van der Waals surface area contributed by atoms with Crippen molar-refractivity contribution in [2.24, 2.45) is 11.7 Å². The number of primary amides is 1. The Morgan fingerprint density at radius 2 is 1.77 bits per heavy atom. The van der Waals surface area contributed by atoms with Crippen molar-refractivity contribution >= 4 is 5.91 Å². The Hall–Kier alpha value is -2.13. The van der Waals surface area contributed by atoms with Crippen LogP contribution in [0.25, 0.3) is 11.1 Å². The Morgan fingerprint density at radius 3 is 2.38 bits per heavy atom. The van der Waals surface area contributed by atoms with Crippen molar-refractivity contribution in [2.45, 2.75) is 39.0 Å². The molecule has 1 saturated heterocycles. The molecule has 0 saturated carbocycles. The van der Waals surface area contributed by atoms with E-state index in [4.69, 9.17) is 5.73 Å². The van der Waals surface area contributed by atoms with Crippen molar-refractivity contribution in [3.63, 3.8) is 0 Å². The zero-order valence-electron chi connectivity index (χ0n) is 15.9. The molecule has 0 atom stereocenters. The van der Waals surface area contributed by atoms with Crippen molar-refractivity contribution in [2.75, 3.05) is 19.6 Å². The molecule has 1 amide bonds. The summed E-state index contributed by atoms with van der Waals surface area (Å²) in [6.07, 6.45) is 3.77. The molecule has 26 heavy (non-hydrogen) atoms. The Balaban J connectivity index is 1.65. The molecule has 1 aliphatic heterocycles. The fourth-order valence-corrected chi connectivity index (χ4v) is 3.73. The van der Waals surface area contributed by atoms with Crippen molar-refractivity contribution < 1.29 is 4.79 Å². The number of carbonyl (C=O) groups is 1. The first kappa shape index (κ1) is 18.7. The fraction of sp³-hybridized carbons (Fsp3) is 0.435. The summed E-state index contributed by atoms with van der Waals surface area (Å²) >= 11 is 0. The van der Waals surface area contributed by atoms with Crippen LogP contribution in [0.2, 0.25) is 0 Å². The third-order valence-electron chi connectivity index (χ3n) is 5.47. The van der Waals surface area contributed by atoms with Crippen LogP contribution in [0.5, 0.6) is 0 Å². The highest BCUT2D eigenvalue weighted by Crippen LogP contribution is 2.31. The van der Waals surface area contributed by atoms with Gasteiger partial charge in [-0.05, 0) is 79.6 Å². The highest BCUT2D eigenvalue weighted by molar-refractivity contribution is 5.93. The van der Waals surface area contributed by atoms with Crippen LogP contribution in [0, 0.1) is 5.92 Å². The summed E-state index contributed by atoms with van der Waals surface area (Å²) in [6, 6.07) is 16.4. The third-order valence-corrected chi connectivity index (χ3v) is 5.47. The van der Waals surface area contributed by atoms with Gasteiger partial charge in [0.05, 0.1) is 0 Å². The molecule has 1 fully saturated rings. The lowest BCUT2D eigenvalue weighted by Gasteiger charge is -2.32. The second-order valence-electron chi connectivity index (χ2n) is 7.87. The minimum atomic E-state index is -0.380. The van der Waals surface area contributed by atoms with Gasteiger partial charge in [-0.3, -0.25) is 4.79 Å². The normalized spacial score (nSPS) is 16.1. The first-order valence-electron chi connectivity index (χ1n) is 9.75. The van der Waals surface area contributed by atoms with Gasteiger partial charge in [-0.1, -0.05) is 50.2 Å². The van der Waals surface area contributed by atoms with E-state index in [0.29, 0.717) is 11.5 Å². The van der Waals surface area contributed by atoms with E-state index in [2.05, 4.69) is 43.0 Å². The summed E-state index contributed by atoms with van der Waals surface area (Å²) in [6.45, 7) is 8.24. The van der Waals surface area contributed by atoms with Crippen molar-refractivity contribution in [1.82, 2.24) is 4.90 Å². The predicted octanol–water partition coefficient (Wildman–Crippen LogP) is 4.68. The highest BCUT2D eigenvalue weighted by atomic mass is 16.1. The molecule has 0 bridgehead atoms. The summed E-state index contributed by atoms with van der Waals surface area (Å²) < 4.78 is 0. The summed E-state index contributed by atoms with van der Waals surface area (Å²) in [5, 5.41) is 0. The van der Waals surface area contributed by atoms with E-state index in [1.54, 1.807) is 12.1 Å². The number of nitrogens with zero attached hydrogens (tertiary/aromatic N) is 1. The number of likely N-dealkylation sites (tertiary alicyclic amines) is 1. The Morgan fingerprint density at radius 1 is 1.08 bits per heavy atom. The van der Waals surface area contributed by atoms with Gasteiger partial charge in [-0.2, -0.15) is 0 Å². The quantitative estimate of drug-likeness (QED) is 0.822. The molecule has 0 unspecified atom stereocenters. The molecule has 0 aromatic heterocycles. The van der Waals surface area contributed by atoms with E-state index in [1.807, 2.05) is 12.1 Å². The molecule has 3 nitrogen and oxygen atoms in total. The first-order chi connectivity index (χ1) is 12.5. The van der Waals surface area contributed by atoms with Crippen LogP contribution in [0.1, 0.15) is 54.9 Å². The lowest BCUT2D eigenvalue weighted by molar-refractivity contribution is 0.100. The van der Waals surface area contributed by atoms with E-state index in [0.717, 1.165) is 11.5 Å². The second kappa shape index (κ2) is 8.50. The monoisotopic (exact) mass is 350 g/mol. The maximum absolute atomic E-state index is 11.2. The average molecular weight is 351 g/mol. The summed E-state index contributed by atoms with van der Waals surface area (Å²) in [5.74, 6) is 1.05. The van der Waals surface area contributed by atoms with Gasteiger partial charge in [0.1, 0.15) is 0 Å². The van der Waals surface area contributed by atoms with E-state index in [1.165, 1.54) is 50.0 Å². The van der Waals surface area contributed by atoms with Crippen LogP contribution >= 0.6 is 0 Å². The molecule has 1 heterocycles. The van der Waals surface area contributed by atoms with Gasteiger partial charge in [0, 0.05) is 5.56 Å². The Kier molecular flexibility index (Phi) is 6.10. The maximum Gasteiger partial charge on any atom is 0.248 e. The van der Waals surface area contributed by atoms with E-state index >= 15 is 0 Å². The zero-order valence-corrected chi connectivity index (χ0v) is 15.9. The van der Waals surface area contributed by atoms with E-state index in [-0.39, 0.29) is 5.91 Å². The van der Waals surface area contributed by atoms with E-state index in [9.17, 15) is 4.79 Å². The van der Waals surface area contributed by atoms with Crippen LogP contribution in [-0.4, -0.2) is 30.4 Å². The van der Waals surface area contributed by atoms with Crippen LogP contribution in [0.3, 0.4) is 0 Å². The lowest BCUT2D eigenvalue weighted by atomic mass is 9.87. The van der Waals surface area contributed by atoms with Gasteiger partial charge in [0.2, 0.25) is 5.91 Å². The molecule has 2 aromatic rings. The van der Waals surface area contributed by atoms with Gasteiger partial charge in [0.15, 0.2) is 0 Å². The van der Waals surface area contributed by atoms with Crippen molar-refractivity contribution in [1.29, 1.82) is 0 Å². The predicted molar refractivity (Wildman–Crippen MR) is 108 cm³/mol. The Labute approximate surface area is 157 Å². The highest BCUT2D eigenvalue weighted by Gasteiger charge is 2.20. The largest absolute Gasteiger partial charge is 0.366 e. The number of rotatable bonds is 6. The van der Waals surface area contributed by atoms with Gasteiger partial charge in [-0.15, -0.1) is 0 Å². The minimum Gasteiger partial charge on any atom is -0.366 e. The van der Waals surface area contributed by atoms with Crippen LogP contribution in [0.4, 0.5) is 0 Å². The molecule has 1 aliphatic rings. The molecule has 3 rings (SSSR count). The summed E-state index contributed by atoms with van der Waals surface area (Å²) in [7, 11) is 0. The number of piperidine rings is 1. The number of hydrogen-bond acceptors (Lipinski definition) is 2. The van der Waals surface area contributed by atoms with Gasteiger partial charge < -0.3 is 10.6 Å². The van der Waals surface area contributed by atoms with Gasteiger partial charge in [-0.25, -0.2) is 0 Å². The smallest absolute Gasteiger partial charge is 0.248 e. The molecule has 0 aliphatic carbocycles. The number of carbonyl (C=O) groups excluding carboxylic acids is 1. The van der Waals surface area contributed by atoms with Gasteiger partial charge >= 0.3 is 0 Å². The second-order valence-corrected chi connectivity index (χ2v) is 7.87. The molecule has 0 spiro atoms. The molecule has 2 aromatic carbocycles. The minimum absolute atomic E-state index is 0.380. The van der Waals surface area contributed by atoms with Crippen LogP contribution in [0.15, 0.2) is 48.5 Å². The number of benzene rings is 2.